The summed E-state index contributed by atoms with van der Waals surface area (Å²) in [6, 6.07) is 4.49. The Labute approximate surface area is 98.3 Å². The Morgan fingerprint density at radius 3 is 2.83 bits per heavy atom. The Morgan fingerprint density at radius 1 is 1.28 bits per heavy atom. The van der Waals surface area contributed by atoms with Gasteiger partial charge in [-0.3, -0.25) is 0 Å². The van der Waals surface area contributed by atoms with Crippen LogP contribution < -0.4 is 5.69 Å². The number of hydrogen-bond donors (Lipinski definition) is 2. The molecule has 90 valence electrons. The van der Waals surface area contributed by atoms with Crippen LogP contribution in [0.25, 0.3) is 11.5 Å². The van der Waals surface area contributed by atoms with Gasteiger partial charge in [-0.1, -0.05) is 0 Å². The highest BCUT2D eigenvalue weighted by Crippen LogP contribution is 2.05. The van der Waals surface area contributed by atoms with Gasteiger partial charge in [0.25, 0.3) is 0 Å². The highest BCUT2D eigenvalue weighted by atomic mass is 16.4. The molecular weight excluding hydrogens is 240 g/mol. The van der Waals surface area contributed by atoms with Crippen LogP contribution >= 0.6 is 0 Å². The van der Waals surface area contributed by atoms with E-state index in [1.54, 1.807) is 12.1 Å². The summed E-state index contributed by atoms with van der Waals surface area (Å²) in [5.74, 6) is -0.811. The van der Waals surface area contributed by atoms with Gasteiger partial charge in [0.1, 0.15) is 0 Å². The zero-order chi connectivity index (χ0) is 12.7. The van der Waals surface area contributed by atoms with Crippen molar-refractivity contribution >= 4 is 11.6 Å². The number of rotatable bonds is 2. The molecule has 0 radical (unpaired) electrons. The van der Waals surface area contributed by atoms with Crippen molar-refractivity contribution in [3.63, 3.8) is 0 Å². The van der Waals surface area contributed by atoms with Gasteiger partial charge in [-0.15, -0.1) is 5.10 Å². The highest BCUT2D eigenvalue weighted by molar-refractivity contribution is 5.85. The van der Waals surface area contributed by atoms with Crippen LogP contribution in [0.1, 0.15) is 10.5 Å². The number of nitrogens with one attached hydrogen (secondary N) is 1. The van der Waals surface area contributed by atoms with E-state index in [9.17, 15) is 9.59 Å². The third kappa shape index (κ3) is 1.45. The van der Waals surface area contributed by atoms with Gasteiger partial charge in [0, 0.05) is 6.20 Å². The number of aromatic carboxylic acids is 1. The molecule has 0 atom stereocenters. The Balaban J connectivity index is 2.15. The molecule has 0 saturated heterocycles. The predicted molar refractivity (Wildman–Crippen MR) is 57.7 cm³/mol. The van der Waals surface area contributed by atoms with Crippen molar-refractivity contribution in [2.45, 2.75) is 0 Å². The summed E-state index contributed by atoms with van der Waals surface area (Å²) in [5, 5.41) is 22.5. The molecule has 0 saturated carbocycles. The van der Waals surface area contributed by atoms with E-state index in [4.69, 9.17) is 5.11 Å². The summed E-state index contributed by atoms with van der Waals surface area (Å²) in [6.45, 7) is 0. The van der Waals surface area contributed by atoms with Crippen LogP contribution in [-0.4, -0.2) is 40.7 Å². The summed E-state index contributed by atoms with van der Waals surface area (Å²) in [7, 11) is 0. The Hall–Kier alpha value is -2.97. The van der Waals surface area contributed by atoms with Gasteiger partial charge >= 0.3 is 11.7 Å². The Morgan fingerprint density at radius 2 is 2.11 bits per heavy atom. The Bertz CT molecular complexity index is 798. The van der Waals surface area contributed by atoms with Gasteiger partial charge in [0.05, 0.1) is 0 Å². The molecule has 0 spiro atoms. The second-order valence-corrected chi connectivity index (χ2v) is 3.44. The smallest absolute Gasteiger partial charge is 0.364 e. The number of fused-ring (bicyclic) bond motifs is 1. The van der Waals surface area contributed by atoms with E-state index in [0.29, 0.717) is 11.5 Å². The number of aromatic amines is 1. The maximum Gasteiger partial charge on any atom is 0.364 e. The van der Waals surface area contributed by atoms with Crippen LogP contribution in [0.15, 0.2) is 29.2 Å². The molecule has 3 heterocycles. The average molecular weight is 246 g/mol. The minimum absolute atomic E-state index is 0.101. The van der Waals surface area contributed by atoms with Gasteiger partial charge in [-0.2, -0.15) is 14.7 Å². The molecule has 0 bridgehead atoms. The number of H-pyrrole nitrogens is 1. The molecule has 0 aliphatic carbocycles. The van der Waals surface area contributed by atoms with Crippen LogP contribution in [0.3, 0.4) is 0 Å². The summed E-state index contributed by atoms with van der Waals surface area (Å²) >= 11 is 0. The van der Waals surface area contributed by atoms with E-state index in [1.807, 2.05) is 0 Å². The van der Waals surface area contributed by atoms with Crippen molar-refractivity contribution in [1.29, 1.82) is 0 Å². The fourth-order valence-electron chi connectivity index (χ4n) is 1.48. The van der Waals surface area contributed by atoms with Crippen molar-refractivity contribution < 1.29 is 9.90 Å². The molecule has 0 unspecified atom stereocenters. The first kappa shape index (κ1) is 10.2. The molecule has 9 nitrogen and oxygen atoms in total. The maximum absolute atomic E-state index is 11.3. The Kier molecular flexibility index (Phi) is 1.99. The monoisotopic (exact) mass is 246 g/mol. The second-order valence-electron chi connectivity index (χ2n) is 3.44. The molecule has 0 aromatic carbocycles. The fourth-order valence-corrected chi connectivity index (χ4v) is 1.48. The van der Waals surface area contributed by atoms with Gasteiger partial charge in [-0.25, -0.2) is 19.4 Å². The normalized spacial score (nSPS) is 10.9. The lowest BCUT2D eigenvalue weighted by atomic mass is 10.4. The molecule has 0 aliphatic heterocycles. The topological polar surface area (TPSA) is 118 Å². The fraction of sp³-hybridized carbons (Fsp3) is 0. The summed E-state index contributed by atoms with van der Waals surface area (Å²) in [4.78, 5) is 22.0. The number of aromatic nitrogens is 6. The van der Waals surface area contributed by atoms with Crippen LogP contribution in [-0.2, 0) is 0 Å². The molecule has 0 aliphatic rings. The first-order valence-corrected chi connectivity index (χ1v) is 4.89. The van der Waals surface area contributed by atoms with Crippen molar-refractivity contribution in [3.8, 4) is 5.82 Å². The molecular formula is C9H6N6O3. The third-order valence-corrected chi connectivity index (χ3v) is 2.30. The van der Waals surface area contributed by atoms with Gasteiger partial charge in [0.15, 0.2) is 17.2 Å². The number of carboxylic acids is 1. The van der Waals surface area contributed by atoms with E-state index in [-0.39, 0.29) is 5.69 Å². The summed E-state index contributed by atoms with van der Waals surface area (Å²) in [5.41, 5.74) is -0.205. The first-order chi connectivity index (χ1) is 8.65. The SMILES string of the molecule is O=C(O)c1ccn(-c2ccc3n[nH]c(=O)n3n2)n1. The summed E-state index contributed by atoms with van der Waals surface area (Å²) in [6.07, 6.45) is 1.45. The van der Waals surface area contributed by atoms with Crippen LogP contribution in [0.5, 0.6) is 0 Å². The molecule has 18 heavy (non-hydrogen) atoms. The number of hydrogen-bond acceptors (Lipinski definition) is 5. The number of carboxylic acid groups (broad SMARTS) is 1. The molecule has 3 rings (SSSR count). The predicted octanol–water partition coefficient (Wildman–Crippen LogP) is -0.699. The van der Waals surface area contributed by atoms with E-state index in [2.05, 4.69) is 20.4 Å². The quantitative estimate of drug-likeness (QED) is 0.617. The van der Waals surface area contributed by atoms with Crippen molar-refractivity contribution in [1.82, 2.24) is 29.6 Å². The second kappa shape index (κ2) is 3.52. The van der Waals surface area contributed by atoms with Crippen LogP contribution in [0.4, 0.5) is 0 Å². The van der Waals surface area contributed by atoms with Crippen molar-refractivity contribution in [2.75, 3.05) is 0 Å². The molecule has 9 heteroatoms. The lowest BCUT2D eigenvalue weighted by Gasteiger charge is -1.99. The lowest BCUT2D eigenvalue weighted by molar-refractivity contribution is 0.0690. The summed E-state index contributed by atoms with van der Waals surface area (Å²) < 4.78 is 2.33. The molecule has 0 amide bonds. The number of nitrogens with zero attached hydrogens (tertiary/aromatic N) is 5. The molecule has 3 aromatic rings. The maximum atomic E-state index is 11.3. The molecule has 3 aromatic heterocycles. The highest BCUT2D eigenvalue weighted by Gasteiger charge is 2.09. The lowest BCUT2D eigenvalue weighted by Crippen LogP contribution is -2.14. The van der Waals surface area contributed by atoms with Gasteiger partial charge < -0.3 is 5.11 Å². The van der Waals surface area contributed by atoms with Gasteiger partial charge in [-0.05, 0) is 18.2 Å². The third-order valence-electron chi connectivity index (χ3n) is 2.30. The molecule has 2 N–H and O–H groups in total. The van der Waals surface area contributed by atoms with E-state index >= 15 is 0 Å². The number of carbonyl (C=O) groups is 1. The minimum Gasteiger partial charge on any atom is -0.476 e. The van der Waals surface area contributed by atoms with E-state index in [0.717, 1.165) is 4.52 Å². The van der Waals surface area contributed by atoms with E-state index < -0.39 is 11.7 Å². The standard InChI is InChI=1S/C9H6N6O3/c16-8(17)5-3-4-14(12-5)7-2-1-6-10-11-9(18)15(6)13-7/h1-4H,(H,11,18)(H,16,17). The minimum atomic E-state index is -1.13. The van der Waals surface area contributed by atoms with Crippen molar-refractivity contribution in [3.05, 3.63) is 40.6 Å². The van der Waals surface area contributed by atoms with Crippen molar-refractivity contribution in [2.24, 2.45) is 0 Å². The largest absolute Gasteiger partial charge is 0.476 e. The van der Waals surface area contributed by atoms with Crippen LogP contribution in [0, 0.1) is 0 Å². The van der Waals surface area contributed by atoms with E-state index in [1.165, 1.54) is 16.9 Å². The average Bonchev–Trinajstić information content (AvgIpc) is 2.96. The zero-order valence-corrected chi connectivity index (χ0v) is 8.81. The molecule has 0 fully saturated rings. The zero-order valence-electron chi connectivity index (χ0n) is 8.81. The van der Waals surface area contributed by atoms with Crippen LogP contribution in [0.2, 0.25) is 0 Å². The van der Waals surface area contributed by atoms with Gasteiger partial charge in [0.2, 0.25) is 0 Å². The first-order valence-electron chi connectivity index (χ1n) is 4.89.